The maximum Gasteiger partial charge on any atom is 0.321 e. The van der Waals surface area contributed by atoms with Crippen LogP contribution in [0.25, 0.3) is 0 Å². The minimum Gasteiger partial charge on any atom is -0.368 e. The summed E-state index contributed by atoms with van der Waals surface area (Å²) in [5.74, 6) is -0.310. The van der Waals surface area contributed by atoms with Gasteiger partial charge in [-0.15, -0.1) is 0 Å². The van der Waals surface area contributed by atoms with Crippen molar-refractivity contribution in [2.45, 2.75) is 13.8 Å². The van der Waals surface area contributed by atoms with Gasteiger partial charge in [0, 0.05) is 37.6 Å². The van der Waals surface area contributed by atoms with Gasteiger partial charge in [-0.1, -0.05) is 12.1 Å². The van der Waals surface area contributed by atoms with E-state index in [9.17, 15) is 9.18 Å². The molecule has 0 atom stereocenters. The zero-order valence-electron chi connectivity index (χ0n) is 14.1. The smallest absolute Gasteiger partial charge is 0.321 e. The Morgan fingerprint density at radius 1 is 1.00 bits per heavy atom. The molecule has 0 spiro atoms. The molecule has 1 fully saturated rings. The van der Waals surface area contributed by atoms with E-state index >= 15 is 0 Å². The zero-order chi connectivity index (χ0) is 17.1. The molecule has 3 rings (SSSR count). The number of carbonyl (C=O) groups excluding carboxylic acids is 1. The van der Waals surface area contributed by atoms with E-state index in [1.165, 1.54) is 28.9 Å². The summed E-state index contributed by atoms with van der Waals surface area (Å²) in [6.45, 7) is 7.20. The Morgan fingerprint density at radius 3 is 2.33 bits per heavy atom. The molecule has 1 N–H and O–H groups in total. The number of amides is 2. The van der Waals surface area contributed by atoms with Gasteiger partial charge in [0.05, 0.1) is 0 Å². The molecule has 24 heavy (non-hydrogen) atoms. The third kappa shape index (κ3) is 3.50. The molecule has 2 amide bonds. The van der Waals surface area contributed by atoms with Gasteiger partial charge in [-0.2, -0.15) is 0 Å². The van der Waals surface area contributed by atoms with Gasteiger partial charge in [-0.25, -0.2) is 9.18 Å². The highest BCUT2D eigenvalue weighted by molar-refractivity contribution is 5.89. The van der Waals surface area contributed by atoms with Gasteiger partial charge in [-0.3, -0.25) is 0 Å². The zero-order valence-corrected chi connectivity index (χ0v) is 14.1. The topological polar surface area (TPSA) is 35.6 Å². The molecule has 1 aliphatic heterocycles. The van der Waals surface area contributed by atoms with E-state index in [0.717, 1.165) is 13.1 Å². The highest BCUT2D eigenvalue weighted by atomic mass is 19.1. The molecule has 0 saturated carbocycles. The van der Waals surface area contributed by atoms with Gasteiger partial charge in [-0.05, 0) is 55.3 Å². The third-order valence-corrected chi connectivity index (χ3v) is 4.58. The van der Waals surface area contributed by atoms with Crippen molar-refractivity contribution >= 4 is 17.4 Å². The minimum atomic E-state index is -0.310. The minimum absolute atomic E-state index is 0.137. The summed E-state index contributed by atoms with van der Waals surface area (Å²) in [6, 6.07) is 12.0. The maximum absolute atomic E-state index is 12.9. The van der Waals surface area contributed by atoms with Crippen LogP contribution in [-0.2, 0) is 0 Å². The average Bonchev–Trinajstić information content (AvgIpc) is 2.59. The first-order valence-electron chi connectivity index (χ1n) is 8.17. The van der Waals surface area contributed by atoms with Crippen molar-refractivity contribution in [2.75, 3.05) is 36.4 Å². The molecule has 0 aliphatic carbocycles. The molecule has 5 heteroatoms. The van der Waals surface area contributed by atoms with Crippen LogP contribution in [0.2, 0.25) is 0 Å². The lowest BCUT2D eigenvalue weighted by atomic mass is 10.1. The Labute approximate surface area is 141 Å². The molecule has 1 saturated heterocycles. The van der Waals surface area contributed by atoms with E-state index in [0.29, 0.717) is 18.8 Å². The van der Waals surface area contributed by atoms with Crippen molar-refractivity contribution < 1.29 is 9.18 Å². The number of halogens is 1. The predicted octanol–water partition coefficient (Wildman–Crippen LogP) is 3.80. The number of hydrogen-bond donors (Lipinski definition) is 1. The molecular formula is C19H22FN3O. The van der Waals surface area contributed by atoms with Crippen LogP contribution in [0.3, 0.4) is 0 Å². The number of hydrogen-bond acceptors (Lipinski definition) is 2. The van der Waals surface area contributed by atoms with E-state index in [4.69, 9.17) is 0 Å². The molecule has 1 heterocycles. The number of rotatable bonds is 2. The number of benzene rings is 2. The van der Waals surface area contributed by atoms with Crippen LogP contribution >= 0.6 is 0 Å². The Hall–Kier alpha value is -2.56. The Bertz CT molecular complexity index is 722. The fourth-order valence-corrected chi connectivity index (χ4v) is 2.96. The first kappa shape index (κ1) is 16.3. The second-order valence-corrected chi connectivity index (χ2v) is 6.13. The van der Waals surface area contributed by atoms with Gasteiger partial charge in [0.2, 0.25) is 0 Å². The monoisotopic (exact) mass is 327 g/mol. The molecule has 2 aromatic rings. The summed E-state index contributed by atoms with van der Waals surface area (Å²) in [5, 5.41) is 2.82. The average molecular weight is 327 g/mol. The third-order valence-electron chi connectivity index (χ3n) is 4.58. The molecule has 1 aliphatic rings. The summed E-state index contributed by atoms with van der Waals surface area (Å²) in [7, 11) is 0. The number of nitrogens with zero attached hydrogens (tertiary/aromatic N) is 2. The fraction of sp³-hybridized carbons (Fsp3) is 0.316. The normalized spacial score (nSPS) is 14.6. The summed E-state index contributed by atoms with van der Waals surface area (Å²) in [4.78, 5) is 16.4. The molecule has 0 bridgehead atoms. The van der Waals surface area contributed by atoms with Crippen LogP contribution in [0.15, 0.2) is 42.5 Å². The van der Waals surface area contributed by atoms with Gasteiger partial charge in [0.15, 0.2) is 0 Å². The van der Waals surface area contributed by atoms with E-state index in [1.807, 2.05) is 0 Å². The van der Waals surface area contributed by atoms with Crippen molar-refractivity contribution in [3.63, 3.8) is 0 Å². The van der Waals surface area contributed by atoms with Crippen molar-refractivity contribution in [2.24, 2.45) is 0 Å². The number of nitrogens with one attached hydrogen (secondary N) is 1. The second kappa shape index (κ2) is 6.91. The lowest BCUT2D eigenvalue weighted by molar-refractivity contribution is 0.208. The number of aryl methyl sites for hydroxylation is 1. The van der Waals surface area contributed by atoms with Crippen LogP contribution in [0.4, 0.5) is 20.6 Å². The highest BCUT2D eigenvalue weighted by Crippen LogP contribution is 2.24. The van der Waals surface area contributed by atoms with E-state index in [1.54, 1.807) is 17.0 Å². The lowest BCUT2D eigenvalue weighted by Crippen LogP contribution is -2.50. The van der Waals surface area contributed by atoms with Crippen LogP contribution in [-0.4, -0.2) is 37.1 Å². The van der Waals surface area contributed by atoms with Crippen LogP contribution in [0.5, 0.6) is 0 Å². The first-order chi connectivity index (χ1) is 11.5. The van der Waals surface area contributed by atoms with E-state index in [-0.39, 0.29) is 11.8 Å². The lowest BCUT2D eigenvalue weighted by Gasteiger charge is -2.37. The number of urea groups is 1. The van der Waals surface area contributed by atoms with Gasteiger partial charge >= 0.3 is 6.03 Å². The number of piperazine rings is 1. The molecule has 0 unspecified atom stereocenters. The van der Waals surface area contributed by atoms with Crippen LogP contribution in [0, 0.1) is 19.7 Å². The number of carbonyl (C=O) groups is 1. The molecular weight excluding hydrogens is 305 g/mol. The fourth-order valence-electron chi connectivity index (χ4n) is 2.96. The van der Waals surface area contributed by atoms with Crippen molar-refractivity contribution in [1.82, 2.24) is 4.90 Å². The quantitative estimate of drug-likeness (QED) is 0.911. The largest absolute Gasteiger partial charge is 0.368 e. The molecule has 0 radical (unpaired) electrons. The van der Waals surface area contributed by atoms with Crippen molar-refractivity contribution in [3.8, 4) is 0 Å². The summed E-state index contributed by atoms with van der Waals surface area (Å²) >= 11 is 0. The Balaban J connectivity index is 1.59. The molecule has 0 aromatic heterocycles. The maximum atomic E-state index is 12.9. The highest BCUT2D eigenvalue weighted by Gasteiger charge is 2.22. The first-order valence-corrected chi connectivity index (χ1v) is 8.17. The van der Waals surface area contributed by atoms with Crippen molar-refractivity contribution in [3.05, 3.63) is 59.4 Å². The summed E-state index contributed by atoms with van der Waals surface area (Å²) < 4.78 is 12.9. The molecule has 126 valence electrons. The molecule has 4 nitrogen and oxygen atoms in total. The van der Waals surface area contributed by atoms with Gasteiger partial charge < -0.3 is 15.1 Å². The molecule has 2 aromatic carbocycles. The van der Waals surface area contributed by atoms with Crippen LogP contribution in [0.1, 0.15) is 11.1 Å². The predicted molar refractivity (Wildman–Crippen MR) is 95.1 cm³/mol. The SMILES string of the molecule is Cc1cccc(N2CCN(C(=O)Nc3ccc(F)cc3)CC2)c1C. The van der Waals surface area contributed by atoms with Crippen LogP contribution < -0.4 is 10.2 Å². The second-order valence-electron chi connectivity index (χ2n) is 6.13. The van der Waals surface area contributed by atoms with E-state index < -0.39 is 0 Å². The summed E-state index contributed by atoms with van der Waals surface area (Å²) in [6.07, 6.45) is 0. The summed E-state index contributed by atoms with van der Waals surface area (Å²) in [5.41, 5.74) is 4.43. The van der Waals surface area contributed by atoms with Gasteiger partial charge in [0.1, 0.15) is 5.82 Å². The Morgan fingerprint density at radius 2 is 1.67 bits per heavy atom. The van der Waals surface area contributed by atoms with E-state index in [2.05, 4.69) is 42.3 Å². The number of anilines is 2. The Kier molecular flexibility index (Phi) is 4.69. The standard InChI is InChI=1S/C19H22FN3O/c1-14-4-3-5-18(15(14)2)22-10-12-23(13-11-22)19(24)21-17-8-6-16(20)7-9-17/h3-9H,10-13H2,1-2H3,(H,21,24). The van der Waals surface area contributed by atoms with Crippen molar-refractivity contribution in [1.29, 1.82) is 0 Å². The van der Waals surface area contributed by atoms with Gasteiger partial charge in [0.25, 0.3) is 0 Å².